The normalized spacial score (nSPS) is 23.2. The summed E-state index contributed by atoms with van der Waals surface area (Å²) < 4.78 is 5.25. The van der Waals surface area contributed by atoms with Gasteiger partial charge in [-0.05, 0) is 6.08 Å². The number of allylic oxidation sites excluding steroid dienone is 1. The number of alkyl halides is 1. The number of halogens is 1. The van der Waals surface area contributed by atoms with Crippen molar-refractivity contribution in [3.05, 3.63) is 11.8 Å². The highest BCUT2D eigenvalue weighted by molar-refractivity contribution is 6.19. The highest BCUT2D eigenvalue weighted by Crippen LogP contribution is 2.27. The third-order valence-corrected chi connectivity index (χ3v) is 1.58. The SMILES string of the molecule is CC1(C)C=C(CCl)OC1. The van der Waals surface area contributed by atoms with Gasteiger partial charge in [-0.15, -0.1) is 11.6 Å². The molecule has 0 aromatic carbocycles. The second-order valence-electron chi connectivity index (χ2n) is 3.02. The van der Waals surface area contributed by atoms with E-state index in [9.17, 15) is 0 Å². The van der Waals surface area contributed by atoms with Crippen LogP contribution in [-0.2, 0) is 4.74 Å². The van der Waals surface area contributed by atoms with Gasteiger partial charge >= 0.3 is 0 Å². The molecule has 0 unspecified atom stereocenters. The van der Waals surface area contributed by atoms with Crippen molar-refractivity contribution in [1.82, 2.24) is 0 Å². The number of hydrogen-bond donors (Lipinski definition) is 0. The van der Waals surface area contributed by atoms with E-state index in [2.05, 4.69) is 19.9 Å². The van der Waals surface area contributed by atoms with E-state index in [-0.39, 0.29) is 5.41 Å². The lowest BCUT2D eigenvalue weighted by Crippen LogP contribution is -2.08. The van der Waals surface area contributed by atoms with E-state index in [1.54, 1.807) is 0 Å². The molecule has 1 aliphatic rings. The summed E-state index contributed by atoms with van der Waals surface area (Å²) in [6, 6.07) is 0. The fourth-order valence-corrected chi connectivity index (χ4v) is 1.03. The molecule has 0 atom stereocenters. The Morgan fingerprint density at radius 2 is 2.44 bits per heavy atom. The summed E-state index contributed by atoms with van der Waals surface area (Å²) in [5.74, 6) is 1.42. The summed E-state index contributed by atoms with van der Waals surface area (Å²) in [5.41, 5.74) is 0.199. The molecule has 1 nitrogen and oxygen atoms in total. The van der Waals surface area contributed by atoms with Crippen molar-refractivity contribution in [1.29, 1.82) is 0 Å². The lowest BCUT2D eigenvalue weighted by atomic mass is 9.96. The van der Waals surface area contributed by atoms with E-state index in [4.69, 9.17) is 16.3 Å². The zero-order chi connectivity index (χ0) is 6.91. The van der Waals surface area contributed by atoms with Gasteiger partial charge in [0.1, 0.15) is 5.76 Å². The molecule has 0 saturated carbocycles. The molecule has 1 rings (SSSR count). The summed E-state index contributed by atoms with van der Waals surface area (Å²) in [7, 11) is 0. The molecule has 0 aliphatic carbocycles. The van der Waals surface area contributed by atoms with Crippen molar-refractivity contribution in [2.45, 2.75) is 13.8 Å². The van der Waals surface area contributed by atoms with Gasteiger partial charge in [-0.2, -0.15) is 0 Å². The van der Waals surface area contributed by atoms with Gasteiger partial charge in [0.05, 0.1) is 12.5 Å². The number of ether oxygens (including phenoxy) is 1. The van der Waals surface area contributed by atoms with Crippen LogP contribution in [0.2, 0.25) is 0 Å². The van der Waals surface area contributed by atoms with Crippen LogP contribution in [0.15, 0.2) is 11.8 Å². The predicted octanol–water partition coefficient (Wildman–Crippen LogP) is 2.17. The van der Waals surface area contributed by atoms with Gasteiger partial charge < -0.3 is 4.74 Å². The van der Waals surface area contributed by atoms with Gasteiger partial charge in [-0.25, -0.2) is 0 Å². The van der Waals surface area contributed by atoms with Gasteiger partial charge in [0, 0.05) is 5.41 Å². The van der Waals surface area contributed by atoms with Crippen LogP contribution in [0, 0.1) is 5.41 Å². The Morgan fingerprint density at radius 3 is 2.67 bits per heavy atom. The maximum absolute atomic E-state index is 5.54. The molecule has 0 amide bonds. The van der Waals surface area contributed by atoms with Gasteiger partial charge in [-0.3, -0.25) is 0 Å². The molecule has 0 aromatic rings. The van der Waals surface area contributed by atoms with Crippen LogP contribution in [0.5, 0.6) is 0 Å². The van der Waals surface area contributed by atoms with Crippen molar-refractivity contribution < 1.29 is 4.74 Å². The molecule has 1 aliphatic heterocycles. The van der Waals surface area contributed by atoms with E-state index in [1.165, 1.54) is 0 Å². The van der Waals surface area contributed by atoms with Crippen molar-refractivity contribution in [3.8, 4) is 0 Å². The largest absolute Gasteiger partial charge is 0.496 e. The van der Waals surface area contributed by atoms with Gasteiger partial charge in [0.15, 0.2) is 0 Å². The Bertz CT molecular complexity index is 138. The molecule has 0 saturated heterocycles. The van der Waals surface area contributed by atoms with E-state index < -0.39 is 0 Å². The Morgan fingerprint density at radius 1 is 1.78 bits per heavy atom. The Balaban J connectivity index is 2.61. The smallest absolute Gasteiger partial charge is 0.107 e. The number of rotatable bonds is 1. The second kappa shape index (κ2) is 2.22. The standard InChI is InChI=1S/C7H11ClO/c1-7(2)3-6(4-8)9-5-7/h3H,4-5H2,1-2H3. The van der Waals surface area contributed by atoms with Crippen LogP contribution in [0.3, 0.4) is 0 Å². The fraction of sp³-hybridized carbons (Fsp3) is 0.714. The first kappa shape index (κ1) is 6.94. The molecule has 0 aromatic heterocycles. The van der Waals surface area contributed by atoms with Gasteiger partial charge in [0.25, 0.3) is 0 Å². The second-order valence-corrected chi connectivity index (χ2v) is 3.29. The lowest BCUT2D eigenvalue weighted by molar-refractivity contribution is 0.188. The summed E-state index contributed by atoms with van der Waals surface area (Å²) in [6.45, 7) is 5.04. The molecule has 9 heavy (non-hydrogen) atoms. The van der Waals surface area contributed by atoms with Crippen LogP contribution in [0.4, 0.5) is 0 Å². The monoisotopic (exact) mass is 146 g/mol. The average Bonchev–Trinajstić information content (AvgIpc) is 2.10. The van der Waals surface area contributed by atoms with Gasteiger partial charge in [-0.1, -0.05) is 13.8 Å². The van der Waals surface area contributed by atoms with Crippen molar-refractivity contribution in [2.24, 2.45) is 5.41 Å². The highest BCUT2D eigenvalue weighted by Gasteiger charge is 2.23. The summed E-state index contributed by atoms with van der Waals surface area (Å²) >= 11 is 5.54. The Kier molecular flexibility index (Phi) is 1.71. The average molecular weight is 147 g/mol. The lowest BCUT2D eigenvalue weighted by Gasteiger charge is -2.09. The molecule has 0 radical (unpaired) electrons. The van der Waals surface area contributed by atoms with Crippen LogP contribution in [0.25, 0.3) is 0 Å². The zero-order valence-corrected chi connectivity index (χ0v) is 6.53. The molecule has 1 heterocycles. The molecule has 0 bridgehead atoms. The third-order valence-electron chi connectivity index (χ3n) is 1.31. The van der Waals surface area contributed by atoms with Crippen LogP contribution >= 0.6 is 11.6 Å². The van der Waals surface area contributed by atoms with Crippen molar-refractivity contribution in [3.63, 3.8) is 0 Å². The van der Waals surface area contributed by atoms with Crippen molar-refractivity contribution >= 4 is 11.6 Å². The highest BCUT2D eigenvalue weighted by atomic mass is 35.5. The van der Waals surface area contributed by atoms with E-state index in [1.807, 2.05) is 0 Å². The van der Waals surface area contributed by atoms with E-state index in [0.717, 1.165) is 12.4 Å². The molecule has 2 heteroatoms. The molecule has 52 valence electrons. The maximum Gasteiger partial charge on any atom is 0.107 e. The summed E-state index contributed by atoms with van der Waals surface area (Å²) in [4.78, 5) is 0. The van der Waals surface area contributed by atoms with Crippen LogP contribution < -0.4 is 0 Å². The fourth-order valence-electron chi connectivity index (χ4n) is 0.875. The molecule has 0 spiro atoms. The first-order valence-electron chi connectivity index (χ1n) is 3.04. The molecule has 0 N–H and O–H groups in total. The first-order chi connectivity index (χ1) is 4.14. The quantitative estimate of drug-likeness (QED) is 0.516. The number of hydrogen-bond acceptors (Lipinski definition) is 1. The Hall–Kier alpha value is -0.170. The maximum atomic E-state index is 5.54. The third kappa shape index (κ3) is 1.62. The van der Waals surface area contributed by atoms with E-state index >= 15 is 0 Å². The van der Waals surface area contributed by atoms with Crippen LogP contribution in [-0.4, -0.2) is 12.5 Å². The molecular weight excluding hydrogens is 136 g/mol. The zero-order valence-electron chi connectivity index (χ0n) is 5.78. The minimum absolute atomic E-state index is 0.199. The summed E-state index contributed by atoms with van der Waals surface area (Å²) in [6.07, 6.45) is 2.08. The minimum Gasteiger partial charge on any atom is -0.496 e. The van der Waals surface area contributed by atoms with Crippen molar-refractivity contribution in [2.75, 3.05) is 12.5 Å². The first-order valence-corrected chi connectivity index (χ1v) is 3.58. The summed E-state index contributed by atoms with van der Waals surface area (Å²) in [5, 5.41) is 0. The van der Waals surface area contributed by atoms with Crippen LogP contribution in [0.1, 0.15) is 13.8 Å². The topological polar surface area (TPSA) is 9.23 Å². The van der Waals surface area contributed by atoms with Gasteiger partial charge in [0.2, 0.25) is 0 Å². The van der Waals surface area contributed by atoms with E-state index in [0.29, 0.717) is 5.88 Å². The minimum atomic E-state index is 0.199. The molecular formula is C7H11ClO. The molecule has 0 fully saturated rings. The predicted molar refractivity (Wildman–Crippen MR) is 38.5 cm³/mol. The Labute approximate surface area is 60.7 Å².